The van der Waals surface area contributed by atoms with Gasteiger partial charge < -0.3 is 25.0 Å². The van der Waals surface area contributed by atoms with Crippen molar-refractivity contribution in [3.05, 3.63) is 78.1 Å². The lowest BCUT2D eigenvalue weighted by Gasteiger charge is -2.19. The predicted octanol–water partition coefficient (Wildman–Crippen LogP) is 4.12. The van der Waals surface area contributed by atoms with Crippen LogP contribution in [0.5, 0.6) is 11.5 Å². The molecule has 1 aromatic heterocycles. The summed E-state index contributed by atoms with van der Waals surface area (Å²) in [5.74, 6) is 1.36. The molecule has 3 aromatic rings. The van der Waals surface area contributed by atoms with Gasteiger partial charge in [-0.2, -0.15) is 0 Å². The molecule has 33 heavy (non-hydrogen) atoms. The number of carbonyl (C=O) groups is 2. The number of urea groups is 1. The number of benzene rings is 2. The molecule has 4 rings (SSSR count). The molecule has 1 saturated heterocycles. The fraction of sp³-hybridized carbons (Fsp3) is 0.240. The van der Waals surface area contributed by atoms with E-state index in [0.29, 0.717) is 37.6 Å². The molecule has 8 nitrogen and oxygen atoms in total. The van der Waals surface area contributed by atoms with E-state index in [2.05, 4.69) is 15.6 Å². The summed E-state index contributed by atoms with van der Waals surface area (Å²) in [6.45, 7) is 1.44. The molecule has 0 radical (unpaired) electrons. The highest BCUT2D eigenvalue weighted by molar-refractivity contribution is 5.97. The van der Waals surface area contributed by atoms with Crippen LogP contribution in [0.15, 0.2) is 66.9 Å². The Hall–Kier alpha value is -4.07. The van der Waals surface area contributed by atoms with Gasteiger partial charge in [0.05, 0.1) is 18.5 Å². The summed E-state index contributed by atoms with van der Waals surface area (Å²) >= 11 is 0. The minimum atomic E-state index is -0.336. The van der Waals surface area contributed by atoms with Gasteiger partial charge in [-0.3, -0.25) is 9.78 Å². The number of amides is 3. The van der Waals surface area contributed by atoms with Crippen LogP contribution in [0.3, 0.4) is 0 Å². The van der Waals surface area contributed by atoms with Crippen LogP contribution in [0.25, 0.3) is 0 Å². The van der Waals surface area contributed by atoms with E-state index in [4.69, 9.17) is 9.47 Å². The van der Waals surface area contributed by atoms with Crippen LogP contribution in [0.1, 0.15) is 24.1 Å². The van der Waals surface area contributed by atoms with Crippen molar-refractivity contribution >= 4 is 23.3 Å². The lowest BCUT2D eigenvalue weighted by molar-refractivity contribution is -0.117. The SMILES string of the molecule is COc1cc(NC(=O)NCc2ccc(OCc3ccccn3)cc2)ccc1N1CCCC1=O. The molecule has 0 spiro atoms. The molecule has 1 fully saturated rings. The Balaban J connectivity index is 1.28. The Morgan fingerprint density at radius 2 is 1.97 bits per heavy atom. The maximum Gasteiger partial charge on any atom is 0.319 e. The maximum absolute atomic E-state index is 12.3. The van der Waals surface area contributed by atoms with Crippen molar-refractivity contribution in [1.82, 2.24) is 10.3 Å². The minimum Gasteiger partial charge on any atom is -0.494 e. The third-order valence-electron chi connectivity index (χ3n) is 5.29. The Morgan fingerprint density at radius 3 is 2.67 bits per heavy atom. The number of hydrogen-bond acceptors (Lipinski definition) is 5. The van der Waals surface area contributed by atoms with Crippen LogP contribution in [0.2, 0.25) is 0 Å². The molecule has 8 heteroatoms. The maximum atomic E-state index is 12.3. The Kier molecular flexibility index (Phi) is 7.04. The van der Waals surface area contributed by atoms with Crippen molar-refractivity contribution in [2.45, 2.75) is 26.0 Å². The molecule has 0 saturated carbocycles. The normalized spacial score (nSPS) is 13.0. The lowest BCUT2D eigenvalue weighted by Crippen LogP contribution is -2.28. The van der Waals surface area contributed by atoms with E-state index in [9.17, 15) is 9.59 Å². The number of methoxy groups -OCH3 is 1. The number of anilines is 2. The molecule has 0 unspecified atom stereocenters. The van der Waals surface area contributed by atoms with E-state index in [0.717, 1.165) is 29.1 Å². The summed E-state index contributed by atoms with van der Waals surface area (Å²) in [6, 6.07) is 18.2. The van der Waals surface area contributed by atoms with E-state index >= 15 is 0 Å². The van der Waals surface area contributed by atoms with Gasteiger partial charge in [-0.05, 0) is 48.4 Å². The van der Waals surface area contributed by atoms with Crippen molar-refractivity contribution in [2.75, 3.05) is 23.9 Å². The number of nitrogens with one attached hydrogen (secondary N) is 2. The van der Waals surface area contributed by atoms with Gasteiger partial charge >= 0.3 is 6.03 Å². The molecular formula is C25H26N4O4. The molecule has 2 aromatic carbocycles. The smallest absolute Gasteiger partial charge is 0.319 e. The van der Waals surface area contributed by atoms with Crippen LogP contribution in [0, 0.1) is 0 Å². The zero-order chi connectivity index (χ0) is 23.0. The molecule has 2 N–H and O–H groups in total. The summed E-state index contributed by atoms with van der Waals surface area (Å²) in [4.78, 5) is 30.3. The van der Waals surface area contributed by atoms with Crippen LogP contribution in [0.4, 0.5) is 16.2 Å². The van der Waals surface area contributed by atoms with Crippen molar-refractivity contribution in [2.24, 2.45) is 0 Å². The Morgan fingerprint density at radius 1 is 1.12 bits per heavy atom. The third-order valence-corrected chi connectivity index (χ3v) is 5.29. The average molecular weight is 447 g/mol. The second-order valence-electron chi connectivity index (χ2n) is 7.60. The zero-order valence-corrected chi connectivity index (χ0v) is 18.4. The van der Waals surface area contributed by atoms with Gasteiger partial charge in [-0.1, -0.05) is 18.2 Å². The molecule has 0 aliphatic carbocycles. The van der Waals surface area contributed by atoms with Gasteiger partial charge in [0.15, 0.2) is 0 Å². The number of rotatable bonds is 8. The standard InChI is InChI=1S/C25H26N4O4/c1-32-23-15-19(9-12-22(23)29-14-4-6-24(29)30)28-25(31)27-16-18-7-10-21(11-8-18)33-17-20-5-2-3-13-26-20/h2-3,5,7-13,15H,4,6,14,16-17H2,1H3,(H2,27,28,31). The van der Waals surface area contributed by atoms with Crippen molar-refractivity contribution in [3.63, 3.8) is 0 Å². The van der Waals surface area contributed by atoms with Gasteiger partial charge in [0.25, 0.3) is 0 Å². The second-order valence-corrected chi connectivity index (χ2v) is 7.60. The summed E-state index contributed by atoms with van der Waals surface area (Å²) < 4.78 is 11.2. The van der Waals surface area contributed by atoms with Gasteiger partial charge in [-0.25, -0.2) is 4.79 Å². The van der Waals surface area contributed by atoms with Crippen LogP contribution in [-0.2, 0) is 17.9 Å². The molecule has 1 aliphatic rings. The molecule has 3 amide bonds. The molecule has 0 atom stereocenters. The summed E-state index contributed by atoms with van der Waals surface area (Å²) in [5.41, 5.74) is 3.10. The van der Waals surface area contributed by atoms with Gasteiger partial charge in [-0.15, -0.1) is 0 Å². The topological polar surface area (TPSA) is 92.8 Å². The monoisotopic (exact) mass is 446 g/mol. The van der Waals surface area contributed by atoms with E-state index < -0.39 is 0 Å². The average Bonchev–Trinajstić information content (AvgIpc) is 3.28. The van der Waals surface area contributed by atoms with E-state index in [1.807, 2.05) is 42.5 Å². The van der Waals surface area contributed by atoms with Crippen molar-refractivity contribution < 1.29 is 19.1 Å². The minimum absolute atomic E-state index is 0.0832. The Bertz CT molecular complexity index is 1100. The van der Waals surface area contributed by atoms with Crippen LogP contribution >= 0.6 is 0 Å². The van der Waals surface area contributed by atoms with Gasteiger partial charge in [0.2, 0.25) is 5.91 Å². The first-order chi connectivity index (χ1) is 16.1. The van der Waals surface area contributed by atoms with Crippen LogP contribution in [-0.4, -0.2) is 30.6 Å². The van der Waals surface area contributed by atoms with E-state index in [1.54, 1.807) is 36.4 Å². The highest BCUT2D eigenvalue weighted by atomic mass is 16.5. The summed E-state index contributed by atoms with van der Waals surface area (Å²) in [5, 5.41) is 5.63. The number of ether oxygens (including phenoxy) is 2. The number of aromatic nitrogens is 1. The first-order valence-corrected chi connectivity index (χ1v) is 10.8. The van der Waals surface area contributed by atoms with E-state index in [1.165, 1.54) is 0 Å². The molecular weight excluding hydrogens is 420 g/mol. The van der Waals surface area contributed by atoms with E-state index in [-0.39, 0.29) is 11.9 Å². The number of hydrogen-bond donors (Lipinski definition) is 2. The number of nitrogens with zero attached hydrogens (tertiary/aromatic N) is 2. The number of pyridine rings is 1. The zero-order valence-electron chi connectivity index (χ0n) is 18.4. The quantitative estimate of drug-likeness (QED) is 0.543. The molecule has 0 bridgehead atoms. The first-order valence-electron chi connectivity index (χ1n) is 10.8. The fourth-order valence-corrected chi connectivity index (χ4v) is 3.58. The van der Waals surface area contributed by atoms with Gasteiger partial charge in [0, 0.05) is 37.5 Å². The first kappa shape index (κ1) is 22.1. The third kappa shape index (κ3) is 5.79. The van der Waals surface area contributed by atoms with Crippen molar-refractivity contribution in [1.29, 1.82) is 0 Å². The van der Waals surface area contributed by atoms with Gasteiger partial charge in [0.1, 0.15) is 18.1 Å². The number of carbonyl (C=O) groups excluding carboxylic acids is 2. The molecule has 170 valence electrons. The highest BCUT2D eigenvalue weighted by Crippen LogP contribution is 2.33. The Labute approximate surface area is 192 Å². The largest absolute Gasteiger partial charge is 0.494 e. The fourth-order valence-electron chi connectivity index (χ4n) is 3.58. The summed E-state index contributed by atoms with van der Waals surface area (Å²) in [7, 11) is 1.55. The highest BCUT2D eigenvalue weighted by Gasteiger charge is 2.24. The second kappa shape index (κ2) is 10.5. The summed E-state index contributed by atoms with van der Waals surface area (Å²) in [6.07, 6.45) is 3.11. The predicted molar refractivity (Wildman–Crippen MR) is 125 cm³/mol. The molecule has 2 heterocycles. The van der Waals surface area contributed by atoms with Crippen molar-refractivity contribution in [3.8, 4) is 11.5 Å². The molecule has 1 aliphatic heterocycles. The lowest BCUT2D eigenvalue weighted by atomic mass is 10.2. The van der Waals surface area contributed by atoms with Crippen LogP contribution < -0.4 is 25.0 Å².